The normalized spacial score (nSPS) is 12.1. The number of aromatic nitrogens is 2. The van der Waals surface area contributed by atoms with Crippen molar-refractivity contribution in [2.24, 2.45) is 5.73 Å². The van der Waals surface area contributed by atoms with Gasteiger partial charge in [-0.25, -0.2) is 4.98 Å². The molecular formula is C12H15N5O. The average molecular weight is 245 g/mol. The van der Waals surface area contributed by atoms with Crippen molar-refractivity contribution in [3.05, 3.63) is 42.0 Å². The summed E-state index contributed by atoms with van der Waals surface area (Å²) in [6.07, 6.45) is 3.44. The van der Waals surface area contributed by atoms with Gasteiger partial charge in [-0.1, -0.05) is 0 Å². The molecule has 0 aliphatic rings. The first kappa shape index (κ1) is 12.0. The minimum absolute atomic E-state index is 0.0123. The molecule has 18 heavy (non-hydrogen) atoms. The Kier molecular flexibility index (Phi) is 3.18. The number of rotatable bonds is 4. The summed E-state index contributed by atoms with van der Waals surface area (Å²) < 4.78 is 0. The molecule has 0 saturated heterocycles. The largest absolute Gasteiger partial charge is 0.397 e. The van der Waals surface area contributed by atoms with Gasteiger partial charge in [0.25, 0.3) is 0 Å². The van der Waals surface area contributed by atoms with Gasteiger partial charge in [0.05, 0.1) is 17.4 Å². The fraction of sp³-hybridized carbons (Fsp3) is 0.167. The lowest BCUT2D eigenvalue weighted by Gasteiger charge is -2.15. The molecule has 6 nitrogen and oxygen atoms in total. The van der Waals surface area contributed by atoms with E-state index < -0.39 is 5.91 Å². The van der Waals surface area contributed by atoms with E-state index in [1.165, 1.54) is 0 Å². The number of imidazole rings is 1. The van der Waals surface area contributed by atoms with Crippen molar-refractivity contribution in [2.75, 3.05) is 11.1 Å². The van der Waals surface area contributed by atoms with Crippen LogP contribution in [0.2, 0.25) is 0 Å². The number of nitrogens with zero attached hydrogens (tertiary/aromatic N) is 1. The minimum atomic E-state index is -0.493. The van der Waals surface area contributed by atoms with Crippen LogP contribution < -0.4 is 16.8 Å². The summed E-state index contributed by atoms with van der Waals surface area (Å²) in [6.45, 7) is 1.96. The number of carbonyl (C=O) groups is 1. The standard InChI is InChI=1S/C12H15N5O/c1-7(12-15-4-5-16-12)17-10-3-2-8(11(14)18)6-9(10)13/h2-7,17H,13H2,1H3,(H2,14,18)(H,15,16). The smallest absolute Gasteiger partial charge is 0.248 e. The topological polar surface area (TPSA) is 110 Å². The predicted octanol–water partition coefficient (Wildman–Crippen LogP) is 1.26. The quantitative estimate of drug-likeness (QED) is 0.608. The number of aromatic amines is 1. The molecule has 1 unspecified atom stereocenters. The Bertz CT molecular complexity index is 550. The Labute approximate surface area is 104 Å². The lowest BCUT2D eigenvalue weighted by molar-refractivity contribution is 0.100. The zero-order valence-electron chi connectivity index (χ0n) is 9.97. The number of carbonyl (C=O) groups excluding carboxylic acids is 1. The van der Waals surface area contributed by atoms with Gasteiger partial charge in [-0.05, 0) is 25.1 Å². The zero-order valence-corrected chi connectivity index (χ0v) is 9.97. The molecule has 0 fully saturated rings. The van der Waals surface area contributed by atoms with E-state index in [0.717, 1.165) is 11.5 Å². The summed E-state index contributed by atoms with van der Waals surface area (Å²) in [6, 6.07) is 4.91. The van der Waals surface area contributed by atoms with Crippen LogP contribution in [0.4, 0.5) is 11.4 Å². The molecule has 1 heterocycles. The van der Waals surface area contributed by atoms with Gasteiger partial charge in [0.1, 0.15) is 5.82 Å². The van der Waals surface area contributed by atoms with Gasteiger partial charge in [-0.3, -0.25) is 4.79 Å². The van der Waals surface area contributed by atoms with Gasteiger partial charge in [0.2, 0.25) is 5.91 Å². The highest BCUT2D eigenvalue weighted by atomic mass is 16.1. The number of nitrogens with two attached hydrogens (primary N) is 2. The number of amides is 1. The Morgan fingerprint density at radius 2 is 2.28 bits per heavy atom. The van der Waals surface area contributed by atoms with Crippen molar-refractivity contribution < 1.29 is 4.79 Å². The van der Waals surface area contributed by atoms with Crippen molar-refractivity contribution in [3.63, 3.8) is 0 Å². The number of anilines is 2. The Morgan fingerprint density at radius 1 is 1.50 bits per heavy atom. The zero-order chi connectivity index (χ0) is 13.1. The molecule has 94 valence electrons. The SMILES string of the molecule is CC(Nc1ccc(C(N)=O)cc1N)c1ncc[nH]1. The molecule has 1 aromatic heterocycles. The molecule has 6 heteroatoms. The Balaban J connectivity index is 2.17. The molecule has 1 aromatic carbocycles. The van der Waals surface area contributed by atoms with Gasteiger partial charge < -0.3 is 21.8 Å². The number of benzene rings is 1. The second-order valence-electron chi connectivity index (χ2n) is 4.01. The first-order valence-corrected chi connectivity index (χ1v) is 5.53. The third-order valence-corrected chi connectivity index (χ3v) is 2.64. The molecule has 0 radical (unpaired) electrons. The van der Waals surface area contributed by atoms with Crippen LogP contribution in [0.5, 0.6) is 0 Å². The molecule has 0 bridgehead atoms. The monoisotopic (exact) mass is 245 g/mol. The fourth-order valence-corrected chi connectivity index (χ4v) is 1.66. The van der Waals surface area contributed by atoms with Crippen LogP contribution in [0, 0.1) is 0 Å². The van der Waals surface area contributed by atoms with Gasteiger partial charge >= 0.3 is 0 Å². The molecule has 0 aliphatic heterocycles. The molecule has 0 spiro atoms. The average Bonchev–Trinajstić information content (AvgIpc) is 2.85. The highest BCUT2D eigenvalue weighted by Gasteiger charge is 2.10. The van der Waals surface area contributed by atoms with E-state index in [1.54, 1.807) is 30.6 Å². The van der Waals surface area contributed by atoms with Crippen molar-refractivity contribution in [1.82, 2.24) is 9.97 Å². The number of primary amides is 1. The van der Waals surface area contributed by atoms with Gasteiger partial charge in [0, 0.05) is 18.0 Å². The van der Waals surface area contributed by atoms with Gasteiger partial charge in [-0.15, -0.1) is 0 Å². The summed E-state index contributed by atoms with van der Waals surface area (Å²) in [7, 11) is 0. The lowest BCUT2D eigenvalue weighted by atomic mass is 10.1. The van der Waals surface area contributed by atoms with Crippen LogP contribution in [0.3, 0.4) is 0 Å². The molecule has 0 aliphatic carbocycles. The highest BCUT2D eigenvalue weighted by molar-refractivity contribution is 5.94. The maximum absolute atomic E-state index is 11.0. The second kappa shape index (κ2) is 4.79. The minimum Gasteiger partial charge on any atom is -0.397 e. The molecule has 1 amide bonds. The lowest BCUT2D eigenvalue weighted by Crippen LogP contribution is -2.13. The van der Waals surface area contributed by atoms with E-state index in [9.17, 15) is 4.79 Å². The summed E-state index contributed by atoms with van der Waals surface area (Å²) in [4.78, 5) is 18.2. The number of hydrogen-bond donors (Lipinski definition) is 4. The van der Waals surface area contributed by atoms with Crippen LogP contribution in [-0.2, 0) is 0 Å². The third-order valence-electron chi connectivity index (χ3n) is 2.64. The van der Waals surface area contributed by atoms with Crippen molar-refractivity contribution >= 4 is 17.3 Å². The maximum atomic E-state index is 11.0. The number of H-pyrrole nitrogens is 1. The van der Waals surface area contributed by atoms with Crippen molar-refractivity contribution in [3.8, 4) is 0 Å². The van der Waals surface area contributed by atoms with E-state index in [2.05, 4.69) is 15.3 Å². The maximum Gasteiger partial charge on any atom is 0.248 e. The first-order chi connectivity index (χ1) is 8.58. The molecule has 1 atom stereocenters. The molecule has 2 aromatic rings. The Morgan fingerprint density at radius 3 is 2.83 bits per heavy atom. The van der Waals surface area contributed by atoms with Crippen LogP contribution >= 0.6 is 0 Å². The molecule has 2 rings (SSSR count). The third kappa shape index (κ3) is 2.42. The van der Waals surface area contributed by atoms with Crippen LogP contribution in [0.15, 0.2) is 30.6 Å². The Hall–Kier alpha value is -2.50. The van der Waals surface area contributed by atoms with Crippen LogP contribution in [0.25, 0.3) is 0 Å². The molecule has 6 N–H and O–H groups in total. The van der Waals surface area contributed by atoms with Crippen LogP contribution in [0.1, 0.15) is 29.1 Å². The summed E-state index contributed by atoms with van der Waals surface area (Å²) >= 11 is 0. The van der Waals surface area contributed by atoms with E-state index in [-0.39, 0.29) is 6.04 Å². The highest BCUT2D eigenvalue weighted by Crippen LogP contribution is 2.23. The van der Waals surface area contributed by atoms with E-state index in [0.29, 0.717) is 11.3 Å². The predicted molar refractivity (Wildman–Crippen MR) is 70.0 cm³/mol. The summed E-state index contributed by atoms with van der Waals surface area (Å²) in [5.74, 6) is 0.320. The first-order valence-electron chi connectivity index (χ1n) is 5.53. The summed E-state index contributed by atoms with van der Waals surface area (Å²) in [5.41, 5.74) is 12.6. The number of nitrogen functional groups attached to an aromatic ring is 1. The second-order valence-corrected chi connectivity index (χ2v) is 4.01. The van der Waals surface area contributed by atoms with Gasteiger partial charge in [-0.2, -0.15) is 0 Å². The molecular weight excluding hydrogens is 230 g/mol. The van der Waals surface area contributed by atoms with Crippen molar-refractivity contribution in [2.45, 2.75) is 13.0 Å². The van der Waals surface area contributed by atoms with Crippen molar-refractivity contribution in [1.29, 1.82) is 0 Å². The van der Waals surface area contributed by atoms with E-state index in [4.69, 9.17) is 11.5 Å². The number of hydrogen-bond acceptors (Lipinski definition) is 4. The van der Waals surface area contributed by atoms with E-state index >= 15 is 0 Å². The van der Waals surface area contributed by atoms with E-state index in [1.807, 2.05) is 6.92 Å². The fourth-order valence-electron chi connectivity index (χ4n) is 1.66. The van der Waals surface area contributed by atoms with Gasteiger partial charge in [0.15, 0.2) is 0 Å². The summed E-state index contributed by atoms with van der Waals surface area (Å²) in [5, 5.41) is 3.21. The number of nitrogens with one attached hydrogen (secondary N) is 2. The molecule has 0 saturated carbocycles. The van der Waals surface area contributed by atoms with Crippen LogP contribution in [-0.4, -0.2) is 15.9 Å².